The fourth-order valence-corrected chi connectivity index (χ4v) is 1.32. The molecule has 0 saturated heterocycles. The number of amides is 1. The molecule has 1 fully saturated rings. The topological polar surface area (TPSA) is 71.8 Å². The van der Waals surface area contributed by atoms with Crippen molar-refractivity contribution in [2.45, 2.75) is 12.3 Å². The third-order valence-corrected chi connectivity index (χ3v) is 2.07. The summed E-state index contributed by atoms with van der Waals surface area (Å²) >= 11 is 0. The van der Waals surface area contributed by atoms with Gasteiger partial charge in [-0.15, -0.1) is 0 Å². The van der Waals surface area contributed by atoms with E-state index in [1.807, 2.05) is 0 Å². The van der Waals surface area contributed by atoms with Crippen molar-refractivity contribution < 1.29 is 4.79 Å². The van der Waals surface area contributed by atoms with E-state index in [1.54, 1.807) is 12.5 Å². The Kier molecular flexibility index (Phi) is 1.21. The summed E-state index contributed by atoms with van der Waals surface area (Å²) in [5.74, 6) is 0.134. The molecule has 1 aliphatic carbocycles. The molecule has 0 bridgehead atoms. The summed E-state index contributed by atoms with van der Waals surface area (Å²) in [5, 5.41) is 0. The Morgan fingerprint density at radius 3 is 3.09 bits per heavy atom. The molecule has 1 aromatic rings. The number of nitrogens with zero attached hydrogens (tertiary/aromatic N) is 1. The van der Waals surface area contributed by atoms with E-state index in [-0.39, 0.29) is 11.8 Å². The van der Waals surface area contributed by atoms with Crippen LogP contribution < -0.4 is 5.73 Å². The minimum absolute atomic E-state index is 0.0375. The first-order valence-electron chi connectivity index (χ1n) is 3.56. The molecule has 2 atom stereocenters. The summed E-state index contributed by atoms with van der Waals surface area (Å²) in [6.07, 6.45) is 4.23. The van der Waals surface area contributed by atoms with Gasteiger partial charge in [0.1, 0.15) is 0 Å². The third kappa shape index (κ3) is 1.00. The summed E-state index contributed by atoms with van der Waals surface area (Å²) in [6.45, 7) is 0. The highest BCUT2D eigenvalue weighted by molar-refractivity contribution is 5.80. The Bertz CT molecular complexity index is 267. The van der Waals surface area contributed by atoms with Crippen LogP contribution in [0.2, 0.25) is 0 Å². The normalized spacial score (nSPS) is 28.4. The van der Waals surface area contributed by atoms with E-state index >= 15 is 0 Å². The number of hydrogen-bond acceptors (Lipinski definition) is 2. The molecule has 1 heterocycles. The number of carbonyl (C=O) groups is 1. The van der Waals surface area contributed by atoms with E-state index < -0.39 is 0 Å². The van der Waals surface area contributed by atoms with Gasteiger partial charge in [-0.05, 0) is 6.42 Å². The van der Waals surface area contributed by atoms with Gasteiger partial charge < -0.3 is 10.7 Å². The van der Waals surface area contributed by atoms with Crippen molar-refractivity contribution in [1.29, 1.82) is 0 Å². The summed E-state index contributed by atoms with van der Waals surface area (Å²) in [5.41, 5.74) is 6.14. The largest absolute Gasteiger partial charge is 0.369 e. The lowest BCUT2D eigenvalue weighted by Crippen LogP contribution is -2.13. The monoisotopic (exact) mass is 151 g/mol. The lowest BCUT2D eigenvalue weighted by atomic mass is 10.2. The molecule has 3 N–H and O–H groups in total. The number of nitrogens with one attached hydrogen (secondary N) is 1. The molecule has 1 amide bonds. The number of aromatic nitrogens is 2. The average Bonchev–Trinajstić information content (AvgIpc) is 2.60. The van der Waals surface area contributed by atoms with E-state index in [0.717, 1.165) is 12.1 Å². The number of nitrogens with two attached hydrogens (primary N) is 1. The van der Waals surface area contributed by atoms with Gasteiger partial charge in [-0.25, -0.2) is 4.98 Å². The van der Waals surface area contributed by atoms with E-state index in [2.05, 4.69) is 9.97 Å². The van der Waals surface area contributed by atoms with Crippen LogP contribution in [0.4, 0.5) is 0 Å². The molecular weight excluding hydrogens is 142 g/mol. The molecule has 4 nitrogen and oxygen atoms in total. The first-order valence-corrected chi connectivity index (χ1v) is 3.56. The first-order chi connectivity index (χ1) is 5.29. The summed E-state index contributed by atoms with van der Waals surface area (Å²) in [6, 6.07) is 0. The van der Waals surface area contributed by atoms with Crippen LogP contribution in [-0.2, 0) is 4.79 Å². The number of hydrogen-bond donors (Lipinski definition) is 2. The highest BCUT2D eigenvalue weighted by atomic mass is 16.1. The second kappa shape index (κ2) is 2.08. The minimum Gasteiger partial charge on any atom is -0.369 e. The summed E-state index contributed by atoms with van der Waals surface area (Å²) in [4.78, 5) is 17.5. The van der Waals surface area contributed by atoms with E-state index in [4.69, 9.17) is 5.73 Å². The Hall–Kier alpha value is -1.32. The Labute approximate surface area is 63.8 Å². The SMILES string of the molecule is NC(=O)[C@@H]1CC1c1cnc[nH]1. The van der Waals surface area contributed by atoms with Crippen LogP contribution in [0.3, 0.4) is 0 Å². The first kappa shape index (κ1) is 6.39. The van der Waals surface area contributed by atoms with E-state index in [9.17, 15) is 4.79 Å². The lowest BCUT2D eigenvalue weighted by Gasteiger charge is -1.90. The predicted octanol–water partition coefficient (Wildman–Crippen LogP) is -0.00150. The Balaban J connectivity index is 2.08. The van der Waals surface area contributed by atoms with Gasteiger partial charge in [0.05, 0.1) is 6.33 Å². The zero-order valence-electron chi connectivity index (χ0n) is 5.95. The molecule has 1 saturated carbocycles. The summed E-state index contributed by atoms with van der Waals surface area (Å²) in [7, 11) is 0. The minimum atomic E-state index is -0.204. The fourth-order valence-electron chi connectivity index (χ4n) is 1.32. The van der Waals surface area contributed by atoms with Crippen LogP contribution in [0, 0.1) is 5.92 Å². The summed E-state index contributed by atoms with van der Waals surface area (Å²) < 4.78 is 0. The zero-order valence-corrected chi connectivity index (χ0v) is 5.95. The molecule has 2 rings (SSSR count). The number of imidazole rings is 1. The highest BCUT2D eigenvalue weighted by Crippen LogP contribution is 2.45. The highest BCUT2D eigenvalue weighted by Gasteiger charge is 2.43. The van der Waals surface area contributed by atoms with Crippen molar-refractivity contribution in [3.05, 3.63) is 18.2 Å². The smallest absolute Gasteiger partial charge is 0.221 e. The predicted molar refractivity (Wildman–Crippen MR) is 38.6 cm³/mol. The fraction of sp³-hybridized carbons (Fsp3) is 0.429. The maximum Gasteiger partial charge on any atom is 0.221 e. The second-order valence-corrected chi connectivity index (χ2v) is 2.86. The van der Waals surface area contributed by atoms with Gasteiger partial charge >= 0.3 is 0 Å². The van der Waals surface area contributed by atoms with Gasteiger partial charge in [0.25, 0.3) is 0 Å². The van der Waals surface area contributed by atoms with E-state index in [0.29, 0.717) is 5.92 Å². The van der Waals surface area contributed by atoms with Crippen molar-refractivity contribution in [1.82, 2.24) is 9.97 Å². The molecule has 1 unspecified atom stereocenters. The van der Waals surface area contributed by atoms with Crippen LogP contribution in [0.25, 0.3) is 0 Å². The molecule has 0 radical (unpaired) electrons. The molecule has 11 heavy (non-hydrogen) atoms. The van der Waals surface area contributed by atoms with Crippen LogP contribution >= 0.6 is 0 Å². The lowest BCUT2D eigenvalue weighted by molar-refractivity contribution is -0.119. The van der Waals surface area contributed by atoms with Gasteiger partial charge in [-0.2, -0.15) is 0 Å². The van der Waals surface area contributed by atoms with Gasteiger partial charge in [0.2, 0.25) is 5.91 Å². The van der Waals surface area contributed by atoms with Gasteiger partial charge in [-0.3, -0.25) is 4.79 Å². The molecular formula is C7H9N3O. The molecule has 58 valence electrons. The van der Waals surface area contributed by atoms with Gasteiger partial charge in [0.15, 0.2) is 0 Å². The average molecular weight is 151 g/mol. The quantitative estimate of drug-likeness (QED) is 0.624. The molecule has 0 aromatic carbocycles. The number of aromatic amines is 1. The second-order valence-electron chi connectivity index (χ2n) is 2.86. The van der Waals surface area contributed by atoms with Crippen LogP contribution in [-0.4, -0.2) is 15.9 Å². The number of rotatable bonds is 2. The number of primary amides is 1. The van der Waals surface area contributed by atoms with Crippen molar-refractivity contribution in [2.75, 3.05) is 0 Å². The Morgan fingerprint density at radius 1 is 1.82 bits per heavy atom. The molecule has 1 aliphatic rings. The zero-order chi connectivity index (χ0) is 7.84. The molecule has 0 spiro atoms. The maximum absolute atomic E-state index is 10.7. The number of carbonyl (C=O) groups excluding carboxylic acids is 1. The van der Waals surface area contributed by atoms with Gasteiger partial charge in [-0.1, -0.05) is 0 Å². The Morgan fingerprint density at radius 2 is 2.64 bits per heavy atom. The van der Waals surface area contributed by atoms with Gasteiger partial charge in [0, 0.05) is 23.7 Å². The van der Waals surface area contributed by atoms with E-state index in [1.165, 1.54) is 0 Å². The van der Waals surface area contributed by atoms with Crippen LogP contribution in [0.5, 0.6) is 0 Å². The third-order valence-electron chi connectivity index (χ3n) is 2.07. The van der Waals surface area contributed by atoms with Crippen LogP contribution in [0.15, 0.2) is 12.5 Å². The van der Waals surface area contributed by atoms with Crippen molar-refractivity contribution >= 4 is 5.91 Å². The molecule has 1 aromatic heterocycles. The van der Waals surface area contributed by atoms with Crippen molar-refractivity contribution in [3.8, 4) is 0 Å². The molecule has 4 heteroatoms. The standard InChI is InChI=1S/C7H9N3O/c8-7(11)5-1-4(5)6-2-9-3-10-6/h2-5H,1H2,(H2,8,11)(H,9,10)/t4?,5-/m1/s1. The van der Waals surface area contributed by atoms with Crippen molar-refractivity contribution in [3.63, 3.8) is 0 Å². The number of H-pyrrole nitrogens is 1. The van der Waals surface area contributed by atoms with Crippen LogP contribution in [0.1, 0.15) is 18.0 Å². The maximum atomic E-state index is 10.7. The molecule has 0 aliphatic heterocycles. The van der Waals surface area contributed by atoms with Crippen molar-refractivity contribution in [2.24, 2.45) is 11.7 Å².